The Labute approximate surface area is 92.2 Å². The molecule has 0 atom stereocenters. The Hall–Kier alpha value is -1.08. The predicted molar refractivity (Wildman–Crippen MR) is 65.8 cm³/mol. The molecule has 1 heteroatoms. The lowest BCUT2D eigenvalue weighted by atomic mass is 9.90. The zero-order valence-corrected chi connectivity index (χ0v) is 9.21. The van der Waals surface area contributed by atoms with Crippen LogP contribution in [0.2, 0.25) is 0 Å². The molecule has 1 heterocycles. The summed E-state index contributed by atoms with van der Waals surface area (Å²) < 4.78 is 0. The summed E-state index contributed by atoms with van der Waals surface area (Å²) in [5.41, 5.74) is 2.70. The van der Waals surface area contributed by atoms with Crippen LogP contribution >= 0.6 is 0 Å². The molecule has 80 valence electrons. The van der Waals surface area contributed by atoms with E-state index in [0.717, 1.165) is 5.92 Å². The molecule has 1 nitrogen and oxygen atoms in total. The molecule has 0 bridgehead atoms. The van der Waals surface area contributed by atoms with Crippen LogP contribution in [0.15, 0.2) is 30.8 Å². The fourth-order valence-corrected chi connectivity index (χ4v) is 2.27. The first-order valence-corrected chi connectivity index (χ1v) is 5.80. The lowest BCUT2D eigenvalue weighted by Crippen LogP contribution is -2.28. The van der Waals surface area contributed by atoms with Crippen LogP contribution < -0.4 is 5.32 Å². The van der Waals surface area contributed by atoms with Crippen LogP contribution in [0.3, 0.4) is 0 Å². The Bertz CT molecular complexity index is 324. The third-order valence-corrected chi connectivity index (χ3v) is 3.17. The molecule has 1 fully saturated rings. The van der Waals surface area contributed by atoms with Crippen molar-refractivity contribution in [2.75, 3.05) is 13.1 Å². The van der Waals surface area contributed by atoms with Crippen LogP contribution in [0, 0.1) is 5.92 Å². The first-order valence-electron chi connectivity index (χ1n) is 5.80. The summed E-state index contributed by atoms with van der Waals surface area (Å²) in [5.74, 6) is 0.867. The van der Waals surface area contributed by atoms with Gasteiger partial charge in [0.2, 0.25) is 0 Å². The molecule has 1 aliphatic heterocycles. The Morgan fingerprint density at radius 1 is 1.33 bits per heavy atom. The first kappa shape index (κ1) is 10.4. The van der Waals surface area contributed by atoms with Crippen LogP contribution in [0.25, 0.3) is 6.08 Å². The number of rotatable bonds is 3. The van der Waals surface area contributed by atoms with Gasteiger partial charge in [-0.05, 0) is 49.4 Å². The van der Waals surface area contributed by atoms with Gasteiger partial charge in [0.15, 0.2) is 0 Å². The second-order valence-corrected chi connectivity index (χ2v) is 4.35. The van der Waals surface area contributed by atoms with Crippen LogP contribution in [-0.4, -0.2) is 13.1 Å². The van der Waals surface area contributed by atoms with Crippen LogP contribution in [0.4, 0.5) is 0 Å². The maximum atomic E-state index is 3.81. The van der Waals surface area contributed by atoms with Crippen LogP contribution in [0.5, 0.6) is 0 Å². The topological polar surface area (TPSA) is 12.0 Å². The van der Waals surface area contributed by atoms with E-state index in [0.29, 0.717) is 0 Å². The van der Waals surface area contributed by atoms with Crippen molar-refractivity contribution in [2.24, 2.45) is 5.92 Å². The second kappa shape index (κ2) is 5.13. The predicted octanol–water partition coefficient (Wildman–Crippen LogP) is 2.87. The monoisotopic (exact) mass is 201 g/mol. The number of benzene rings is 1. The maximum Gasteiger partial charge on any atom is -0.00462 e. The molecule has 0 radical (unpaired) electrons. The van der Waals surface area contributed by atoms with Gasteiger partial charge in [0, 0.05) is 0 Å². The summed E-state index contributed by atoms with van der Waals surface area (Å²) in [5, 5.41) is 3.41. The number of piperidine rings is 1. The number of hydrogen-bond donors (Lipinski definition) is 1. The van der Waals surface area contributed by atoms with Gasteiger partial charge in [-0.25, -0.2) is 0 Å². The smallest absolute Gasteiger partial charge is 0.00462 e. The Morgan fingerprint density at radius 2 is 2.13 bits per heavy atom. The summed E-state index contributed by atoms with van der Waals surface area (Å²) in [4.78, 5) is 0. The van der Waals surface area contributed by atoms with E-state index in [1.165, 1.54) is 43.5 Å². The minimum absolute atomic E-state index is 0.867. The van der Waals surface area contributed by atoms with Crippen LogP contribution in [-0.2, 0) is 6.42 Å². The van der Waals surface area contributed by atoms with E-state index in [2.05, 4.69) is 36.2 Å². The molecule has 0 saturated carbocycles. The van der Waals surface area contributed by atoms with Crippen molar-refractivity contribution in [2.45, 2.75) is 19.3 Å². The average Bonchev–Trinajstić information content (AvgIpc) is 2.31. The van der Waals surface area contributed by atoms with E-state index >= 15 is 0 Å². The highest BCUT2D eigenvalue weighted by molar-refractivity contribution is 5.47. The second-order valence-electron chi connectivity index (χ2n) is 4.35. The molecule has 1 saturated heterocycles. The SMILES string of the molecule is C=Cc1cccc(CC2CCNCC2)c1. The van der Waals surface area contributed by atoms with E-state index in [4.69, 9.17) is 0 Å². The molecule has 0 unspecified atom stereocenters. The van der Waals surface area contributed by atoms with E-state index in [-0.39, 0.29) is 0 Å². The van der Waals surface area contributed by atoms with Crippen LogP contribution in [0.1, 0.15) is 24.0 Å². The summed E-state index contributed by atoms with van der Waals surface area (Å²) in [6, 6.07) is 8.73. The van der Waals surface area contributed by atoms with Gasteiger partial charge in [-0.3, -0.25) is 0 Å². The summed E-state index contributed by atoms with van der Waals surface area (Å²) >= 11 is 0. The van der Waals surface area contributed by atoms with Gasteiger partial charge in [0.25, 0.3) is 0 Å². The summed E-state index contributed by atoms with van der Waals surface area (Å²) in [6.07, 6.45) is 5.78. The van der Waals surface area contributed by atoms with Crippen molar-refractivity contribution in [3.05, 3.63) is 42.0 Å². The average molecular weight is 201 g/mol. The molecule has 0 aromatic heterocycles. The van der Waals surface area contributed by atoms with Gasteiger partial charge >= 0.3 is 0 Å². The summed E-state index contributed by atoms with van der Waals surface area (Å²) in [6.45, 7) is 6.18. The fourth-order valence-electron chi connectivity index (χ4n) is 2.27. The standard InChI is InChI=1S/C14H19N/c1-2-12-4-3-5-14(10-12)11-13-6-8-15-9-7-13/h2-5,10,13,15H,1,6-9,11H2. The third kappa shape index (κ3) is 2.93. The van der Waals surface area contributed by atoms with Crippen molar-refractivity contribution < 1.29 is 0 Å². The number of nitrogens with one attached hydrogen (secondary N) is 1. The van der Waals surface area contributed by atoms with Gasteiger partial charge in [-0.2, -0.15) is 0 Å². The van der Waals surface area contributed by atoms with Crippen molar-refractivity contribution in [1.82, 2.24) is 5.32 Å². The summed E-state index contributed by atoms with van der Waals surface area (Å²) in [7, 11) is 0. The Balaban J connectivity index is 1.99. The van der Waals surface area contributed by atoms with Gasteiger partial charge in [-0.15, -0.1) is 0 Å². The van der Waals surface area contributed by atoms with E-state index in [1.807, 2.05) is 6.08 Å². The molecule has 15 heavy (non-hydrogen) atoms. The van der Waals surface area contributed by atoms with Gasteiger partial charge in [-0.1, -0.05) is 36.9 Å². The van der Waals surface area contributed by atoms with Gasteiger partial charge in [0.05, 0.1) is 0 Å². The molecular weight excluding hydrogens is 182 g/mol. The molecule has 2 rings (SSSR count). The highest BCUT2D eigenvalue weighted by atomic mass is 14.9. The largest absolute Gasteiger partial charge is 0.317 e. The molecule has 1 aliphatic rings. The highest BCUT2D eigenvalue weighted by Gasteiger charge is 2.13. The normalized spacial score (nSPS) is 17.6. The Morgan fingerprint density at radius 3 is 2.87 bits per heavy atom. The zero-order valence-electron chi connectivity index (χ0n) is 9.21. The maximum absolute atomic E-state index is 3.81. The fraction of sp³-hybridized carbons (Fsp3) is 0.429. The van der Waals surface area contributed by atoms with Crippen molar-refractivity contribution >= 4 is 6.08 Å². The lowest BCUT2D eigenvalue weighted by Gasteiger charge is -2.22. The molecule has 0 aliphatic carbocycles. The van der Waals surface area contributed by atoms with Crippen molar-refractivity contribution in [3.63, 3.8) is 0 Å². The van der Waals surface area contributed by atoms with Gasteiger partial charge in [0.1, 0.15) is 0 Å². The third-order valence-electron chi connectivity index (χ3n) is 3.17. The zero-order chi connectivity index (χ0) is 10.5. The highest BCUT2D eigenvalue weighted by Crippen LogP contribution is 2.18. The van der Waals surface area contributed by atoms with Crippen molar-refractivity contribution in [3.8, 4) is 0 Å². The van der Waals surface area contributed by atoms with E-state index in [1.54, 1.807) is 0 Å². The van der Waals surface area contributed by atoms with E-state index < -0.39 is 0 Å². The lowest BCUT2D eigenvalue weighted by molar-refractivity contribution is 0.372. The first-order chi connectivity index (χ1) is 7.38. The molecule has 1 aromatic carbocycles. The van der Waals surface area contributed by atoms with Gasteiger partial charge < -0.3 is 5.32 Å². The minimum atomic E-state index is 0.867. The molecule has 1 N–H and O–H groups in total. The number of hydrogen-bond acceptors (Lipinski definition) is 1. The minimum Gasteiger partial charge on any atom is -0.317 e. The molecular formula is C14H19N. The van der Waals surface area contributed by atoms with Crippen molar-refractivity contribution in [1.29, 1.82) is 0 Å². The Kier molecular flexibility index (Phi) is 3.57. The van der Waals surface area contributed by atoms with E-state index in [9.17, 15) is 0 Å². The quantitative estimate of drug-likeness (QED) is 0.793. The molecule has 0 spiro atoms. The molecule has 1 aromatic rings. The molecule has 0 amide bonds.